The van der Waals surface area contributed by atoms with Crippen molar-refractivity contribution in [2.45, 2.75) is 13.0 Å². The fourth-order valence-corrected chi connectivity index (χ4v) is 2.53. The third-order valence-corrected chi connectivity index (χ3v) is 3.83. The maximum Gasteiger partial charge on any atom is 0.213 e. The van der Waals surface area contributed by atoms with Gasteiger partial charge in [0.05, 0.1) is 19.3 Å². The average Bonchev–Trinajstić information content (AvgIpc) is 3.04. The smallest absolute Gasteiger partial charge is 0.213 e. The largest absolute Gasteiger partial charge is 0.481 e. The minimum atomic E-state index is 0.607. The van der Waals surface area contributed by atoms with Gasteiger partial charge in [0.1, 0.15) is 0 Å². The molecule has 0 amide bonds. The van der Waals surface area contributed by atoms with Gasteiger partial charge in [-0.05, 0) is 23.9 Å². The molecule has 21 heavy (non-hydrogen) atoms. The Morgan fingerprint density at radius 1 is 1.29 bits per heavy atom. The molecule has 0 spiro atoms. The number of nitrogens with zero attached hydrogens (tertiary/aromatic N) is 2. The summed E-state index contributed by atoms with van der Waals surface area (Å²) in [5, 5.41) is 8.63. The molecule has 2 aromatic rings. The lowest BCUT2D eigenvalue weighted by atomic mass is 10.3. The monoisotopic (exact) mass is 304 g/mol. The van der Waals surface area contributed by atoms with Crippen LogP contribution in [0.1, 0.15) is 10.6 Å². The molecular formula is C15H20N4OS. The molecule has 0 aliphatic rings. The number of hydrogen-bond donors (Lipinski definition) is 2. The van der Waals surface area contributed by atoms with Crippen molar-refractivity contribution in [3.8, 4) is 5.88 Å². The molecule has 0 bridgehead atoms. The summed E-state index contributed by atoms with van der Waals surface area (Å²) in [7, 11) is 3.38. The minimum absolute atomic E-state index is 0.607. The first-order valence-electron chi connectivity index (χ1n) is 6.78. The van der Waals surface area contributed by atoms with Gasteiger partial charge in [0, 0.05) is 24.5 Å². The molecule has 6 heteroatoms. The van der Waals surface area contributed by atoms with E-state index in [1.165, 1.54) is 4.88 Å². The molecule has 0 radical (unpaired) electrons. The first-order valence-corrected chi connectivity index (χ1v) is 7.66. The molecule has 0 aliphatic carbocycles. The molecule has 0 unspecified atom stereocenters. The van der Waals surface area contributed by atoms with Gasteiger partial charge in [-0.1, -0.05) is 12.1 Å². The number of aliphatic imine (C=N–C) groups is 1. The molecule has 0 fully saturated rings. The van der Waals surface area contributed by atoms with Gasteiger partial charge < -0.3 is 15.4 Å². The fraction of sp³-hybridized carbons (Fsp3) is 0.333. The molecule has 0 aromatic carbocycles. The van der Waals surface area contributed by atoms with E-state index in [1.54, 1.807) is 25.5 Å². The summed E-state index contributed by atoms with van der Waals surface area (Å²) in [5.74, 6) is 1.39. The minimum Gasteiger partial charge on any atom is -0.481 e. The Balaban J connectivity index is 1.76. The Kier molecular flexibility index (Phi) is 6.02. The zero-order valence-corrected chi connectivity index (χ0v) is 13.1. The Morgan fingerprint density at radius 2 is 2.19 bits per heavy atom. The number of aromatic nitrogens is 1. The molecule has 112 valence electrons. The summed E-state index contributed by atoms with van der Waals surface area (Å²) in [6.45, 7) is 1.46. The predicted molar refractivity (Wildman–Crippen MR) is 87.0 cm³/mol. The van der Waals surface area contributed by atoms with E-state index < -0.39 is 0 Å². The Hall–Kier alpha value is -2.08. The number of nitrogens with one attached hydrogen (secondary N) is 2. The van der Waals surface area contributed by atoms with E-state index in [2.05, 4.69) is 38.1 Å². The second kappa shape index (κ2) is 8.26. The molecule has 2 rings (SSSR count). The predicted octanol–water partition coefficient (Wildman–Crippen LogP) is 2.06. The van der Waals surface area contributed by atoms with Crippen LogP contribution in [0.2, 0.25) is 0 Å². The molecule has 0 saturated heterocycles. The van der Waals surface area contributed by atoms with E-state index in [0.717, 1.165) is 24.6 Å². The summed E-state index contributed by atoms with van der Waals surface area (Å²) in [4.78, 5) is 9.92. The molecule has 0 aliphatic heterocycles. The maximum absolute atomic E-state index is 5.11. The van der Waals surface area contributed by atoms with E-state index >= 15 is 0 Å². The zero-order chi connectivity index (χ0) is 14.9. The molecule has 2 aromatic heterocycles. The van der Waals surface area contributed by atoms with Crippen molar-refractivity contribution >= 4 is 17.3 Å². The number of hydrogen-bond acceptors (Lipinski definition) is 4. The molecule has 0 atom stereocenters. The van der Waals surface area contributed by atoms with Crippen LogP contribution >= 0.6 is 11.3 Å². The number of rotatable bonds is 6. The van der Waals surface area contributed by atoms with Gasteiger partial charge in [0.15, 0.2) is 5.96 Å². The highest BCUT2D eigenvalue weighted by Crippen LogP contribution is 2.08. The average molecular weight is 304 g/mol. The Labute approximate surface area is 129 Å². The van der Waals surface area contributed by atoms with Crippen molar-refractivity contribution in [2.75, 3.05) is 20.7 Å². The van der Waals surface area contributed by atoms with E-state index in [0.29, 0.717) is 12.4 Å². The van der Waals surface area contributed by atoms with E-state index in [-0.39, 0.29) is 0 Å². The van der Waals surface area contributed by atoms with Crippen LogP contribution in [-0.4, -0.2) is 31.6 Å². The van der Waals surface area contributed by atoms with Gasteiger partial charge in [0.2, 0.25) is 5.88 Å². The van der Waals surface area contributed by atoms with Crippen LogP contribution in [0.3, 0.4) is 0 Å². The van der Waals surface area contributed by atoms with Crippen molar-refractivity contribution in [3.63, 3.8) is 0 Å². The number of methoxy groups -OCH3 is 1. The van der Waals surface area contributed by atoms with Crippen LogP contribution in [0, 0.1) is 0 Å². The number of thiophene rings is 1. The van der Waals surface area contributed by atoms with Crippen LogP contribution in [0.4, 0.5) is 0 Å². The van der Waals surface area contributed by atoms with E-state index in [9.17, 15) is 0 Å². The van der Waals surface area contributed by atoms with Crippen LogP contribution in [0.25, 0.3) is 0 Å². The lowest BCUT2D eigenvalue weighted by molar-refractivity contribution is 0.396. The van der Waals surface area contributed by atoms with Gasteiger partial charge >= 0.3 is 0 Å². The van der Waals surface area contributed by atoms with Crippen molar-refractivity contribution in [3.05, 3.63) is 46.3 Å². The second-order valence-corrected chi connectivity index (χ2v) is 5.39. The van der Waals surface area contributed by atoms with Gasteiger partial charge in [-0.15, -0.1) is 11.3 Å². The lowest BCUT2D eigenvalue weighted by Crippen LogP contribution is -2.37. The SMILES string of the molecule is CN=C(NCCc1cccs1)NCc1cccc(OC)n1. The summed E-state index contributed by atoms with van der Waals surface area (Å²) in [6, 6.07) is 9.92. The second-order valence-electron chi connectivity index (χ2n) is 4.35. The van der Waals surface area contributed by atoms with Crippen LogP contribution in [0.5, 0.6) is 5.88 Å². The number of pyridine rings is 1. The first kappa shape index (κ1) is 15.3. The van der Waals surface area contributed by atoms with Gasteiger partial charge in [-0.25, -0.2) is 4.98 Å². The van der Waals surface area contributed by atoms with Gasteiger partial charge in [-0.3, -0.25) is 4.99 Å². The molecular weight excluding hydrogens is 284 g/mol. The van der Waals surface area contributed by atoms with E-state index in [4.69, 9.17) is 4.74 Å². The molecule has 2 N–H and O–H groups in total. The van der Waals surface area contributed by atoms with E-state index in [1.807, 2.05) is 18.2 Å². The molecule has 2 heterocycles. The highest BCUT2D eigenvalue weighted by atomic mass is 32.1. The topological polar surface area (TPSA) is 58.5 Å². The summed E-state index contributed by atoms with van der Waals surface area (Å²) >= 11 is 1.77. The summed E-state index contributed by atoms with van der Waals surface area (Å²) in [5.41, 5.74) is 0.913. The lowest BCUT2D eigenvalue weighted by Gasteiger charge is -2.11. The Morgan fingerprint density at radius 3 is 2.90 bits per heavy atom. The van der Waals surface area contributed by atoms with Crippen LogP contribution in [0.15, 0.2) is 40.7 Å². The van der Waals surface area contributed by atoms with Gasteiger partial charge in [0.25, 0.3) is 0 Å². The molecule has 0 saturated carbocycles. The first-order chi connectivity index (χ1) is 10.3. The van der Waals surface area contributed by atoms with Crippen LogP contribution in [-0.2, 0) is 13.0 Å². The standard InChI is InChI=1S/C15H20N4OS/c1-16-15(17-9-8-13-6-4-10-21-13)18-11-12-5-3-7-14(19-12)20-2/h3-7,10H,8-9,11H2,1-2H3,(H2,16,17,18). The van der Waals surface area contributed by atoms with Gasteiger partial charge in [-0.2, -0.15) is 0 Å². The highest BCUT2D eigenvalue weighted by molar-refractivity contribution is 7.09. The third kappa shape index (κ3) is 5.07. The quantitative estimate of drug-likeness (QED) is 0.633. The van der Waals surface area contributed by atoms with Crippen molar-refractivity contribution in [2.24, 2.45) is 4.99 Å². The summed E-state index contributed by atoms with van der Waals surface area (Å²) < 4.78 is 5.11. The van der Waals surface area contributed by atoms with Crippen molar-refractivity contribution < 1.29 is 4.74 Å². The maximum atomic E-state index is 5.11. The fourth-order valence-electron chi connectivity index (χ4n) is 1.82. The summed E-state index contributed by atoms with van der Waals surface area (Å²) in [6.07, 6.45) is 0.996. The zero-order valence-electron chi connectivity index (χ0n) is 12.3. The van der Waals surface area contributed by atoms with Crippen LogP contribution < -0.4 is 15.4 Å². The molecule has 5 nitrogen and oxygen atoms in total. The van der Waals surface area contributed by atoms with Crippen molar-refractivity contribution in [1.82, 2.24) is 15.6 Å². The number of ether oxygens (including phenoxy) is 1. The van der Waals surface area contributed by atoms with Crippen molar-refractivity contribution in [1.29, 1.82) is 0 Å². The number of guanidine groups is 1. The third-order valence-electron chi connectivity index (χ3n) is 2.89. The normalized spacial score (nSPS) is 11.2. The Bertz CT molecular complexity index is 569. The highest BCUT2D eigenvalue weighted by Gasteiger charge is 2.01.